The number of methoxy groups -OCH3 is 1. The van der Waals surface area contributed by atoms with E-state index in [-0.39, 0.29) is 6.04 Å². The van der Waals surface area contributed by atoms with E-state index in [0.29, 0.717) is 24.6 Å². The molecule has 168 valence electrons. The predicted molar refractivity (Wildman–Crippen MR) is 124 cm³/mol. The van der Waals surface area contributed by atoms with Crippen LogP contribution in [0.25, 0.3) is 11.0 Å². The largest absolute Gasteiger partial charge is 0.383 e. The minimum absolute atomic E-state index is 0.161. The number of aromatic nitrogens is 3. The van der Waals surface area contributed by atoms with E-state index in [1.807, 2.05) is 12.3 Å². The number of nitrogens with one attached hydrogen (secondary N) is 1. The van der Waals surface area contributed by atoms with Crippen LogP contribution >= 0.6 is 0 Å². The lowest BCUT2D eigenvalue weighted by molar-refractivity contribution is 0.122. The summed E-state index contributed by atoms with van der Waals surface area (Å²) in [6.45, 7) is 7.14. The van der Waals surface area contributed by atoms with E-state index in [2.05, 4.69) is 52.0 Å². The quantitative estimate of drug-likeness (QED) is 0.550. The van der Waals surface area contributed by atoms with Crippen molar-refractivity contribution in [3.63, 3.8) is 0 Å². The van der Waals surface area contributed by atoms with E-state index in [9.17, 15) is 4.21 Å². The van der Waals surface area contributed by atoms with E-state index in [0.717, 1.165) is 54.7 Å². The fraction of sp³-hybridized carbons (Fsp3) is 0.727. The summed E-state index contributed by atoms with van der Waals surface area (Å²) < 4.78 is 21.0. The zero-order valence-electron chi connectivity index (χ0n) is 19.0. The molecule has 3 atom stereocenters. The number of rotatable bonds is 12. The lowest BCUT2D eigenvalue weighted by Crippen LogP contribution is -2.49. The Morgan fingerprint density at radius 2 is 2.10 bits per heavy atom. The standard InChI is InChI=1S/C22H37N5O2S/c1-6-8-18(7-2)27(16(3)13-29-5)30(28)14-17-11-19(12-17)26(4)22-20-9-10-23-21(20)24-15-25-22/h9-10,15-19H,6-8,11-14H2,1-5H3,(H,23,24,25)/t16-,17?,18-,19?,30?/m1/s1. The third-order valence-corrected chi connectivity index (χ3v) is 8.22. The average Bonchev–Trinajstić information content (AvgIpc) is 3.18. The van der Waals surface area contributed by atoms with Crippen molar-refractivity contribution in [1.82, 2.24) is 19.3 Å². The van der Waals surface area contributed by atoms with Gasteiger partial charge in [0.15, 0.2) is 0 Å². The minimum Gasteiger partial charge on any atom is -0.383 e. The first-order valence-electron chi connectivity index (χ1n) is 11.2. The van der Waals surface area contributed by atoms with E-state index < -0.39 is 11.0 Å². The van der Waals surface area contributed by atoms with Gasteiger partial charge in [-0.2, -0.15) is 0 Å². The highest BCUT2D eigenvalue weighted by Crippen LogP contribution is 2.36. The maximum atomic E-state index is 13.4. The number of hydrogen-bond donors (Lipinski definition) is 1. The summed E-state index contributed by atoms with van der Waals surface area (Å²) in [5.74, 6) is 2.19. The van der Waals surface area contributed by atoms with Gasteiger partial charge in [-0.05, 0) is 44.6 Å². The number of aromatic amines is 1. The molecule has 1 N–H and O–H groups in total. The van der Waals surface area contributed by atoms with Gasteiger partial charge in [-0.1, -0.05) is 20.3 Å². The van der Waals surface area contributed by atoms with Crippen LogP contribution in [0.3, 0.4) is 0 Å². The fourth-order valence-electron chi connectivity index (χ4n) is 4.64. The molecular weight excluding hydrogens is 398 g/mol. The minimum atomic E-state index is -0.984. The highest BCUT2D eigenvalue weighted by molar-refractivity contribution is 7.82. The second-order valence-corrected chi connectivity index (χ2v) is 9.94. The molecule has 1 saturated carbocycles. The summed E-state index contributed by atoms with van der Waals surface area (Å²) in [5, 5.41) is 1.05. The number of ether oxygens (including phenoxy) is 1. The summed E-state index contributed by atoms with van der Waals surface area (Å²) in [5.41, 5.74) is 0.869. The summed E-state index contributed by atoms with van der Waals surface area (Å²) in [4.78, 5) is 14.2. The monoisotopic (exact) mass is 435 g/mol. The molecule has 1 aliphatic carbocycles. The molecule has 1 fully saturated rings. The summed E-state index contributed by atoms with van der Waals surface area (Å²) in [6.07, 6.45) is 8.82. The van der Waals surface area contributed by atoms with Crippen LogP contribution < -0.4 is 4.90 Å². The molecule has 2 aromatic heterocycles. The number of nitrogens with zero attached hydrogens (tertiary/aromatic N) is 4. The molecule has 0 radical (unpaired) electrons. The third kappa shape index (κ3) is 5.03. The molecule has 2 heterocycles. The van der Waals surface area contributed by atoms with Crippen molar-refractivity contribution in [2.75, 3.05) is 31.4 Å². The van der Waals surface area contributed by atoms with Gasteiger partial charge >= 0.3 is 0 Å². The number of H-pyrrole nitrogens is 1. The lowest BCUT2D eigenvalue weighted by atomic mass is 9.81. The molecule has 2 aromatic rings. The van der Waals surface area contributed by atoms with Gasteiger partial charge in [-0.25, -0.2) is 18.5 Å². The fourth-order valence-corrected chi connectivity index (χ4v) is 6.54. The van der Waals surface area contributed by atoms with Crippen LogP contribution in [0.1, 0.15) is 52.9 Å². The molecule has 3 rings (SSSR count). The molecule has 0 aromatic carbocycles. The molecule has 0 saturated heterocycles. The third-order valence-electron chi connectivity index (χ3n) is 6.33. The maximum Gasteiger partial charge on any atom is 0.142 e. The van der Waals surface area contributed by atoms with Crippen molar-refractivity contribution >= 4 is 27.8 Å². The van der Waals surface area contributed by atoms with Gasteiger partial charge in [0, 0.05) is 44.2 Å². The Labute approximate surface area is 183 Å². The van der Waals surface area contributed by atoms with Gasteiger partial charge < -0.3 is 14.6 Å². The SMILES string of the molecule is CCC[C@@H](CC)N([C@H](C)COC)S(=O)CC1CC(N(C)c2ncnc3[nH]ccc23)C1. The zero-order chi connectivity index (χ0) is 21.7. The molecule has 1 unspecified atom stereocenters. The van der Waals surface area contributed by atoms with Gasteiger partial charge in [0.05, 0.1) is 23.0 Å². The van der Waals surface area contributed by atoms with Crippen LogP contribution in [0, 0.1) is 5.92 Å². The molecule has 30 heavy (non-hydrogen) atoms. The van der Waals surface area contributed by atoms with Crippen LogP contribution in [0.4, 0.5) is 5.82 Å². The lowest BCUT2D eigenvalue weighted by Gasteiger charge is -2.43. The normalized spacial score (nSPS) is 22.1. The van der Waals surface area contributed by atoms with Gasteiger partial charge in [0.1, 0.15) is 17.8 Å². The van der Waals surface area contributed by atoms with Crippen molar-refractivity contribution in [1.29, 1.82) is 0 Å². The average molecular weight is 436 g/mol. The van der Waals surface area contributed by atoms with E-state index in [1.165, 1.54) is 0 Å². The molecule has 0 aliphatic heterocycles. The summed E-state index contributed by atoms with van der Waals surface area (Å²) >= 11 is 0. The van der Waals surface area contributed by atoms with Gasteiger partial charge in [0.25, 0.3) is 0 Å². The van der Waals surface area contributed by atoms with Gasteiger partial charge in [0.2, 0.25) is 0 Å². The van der Waals surface area contributed by atoms with Crippen molar-refractivity contribution in [2.24, 2.45) is 5.92 Å². The Hall–Kier alpha value is -1.51. The van der Waals surface area contributed by atoms with Crippen LogP contribution in [0.2, 0.25) is 0 Å². The second kappa shape index (κ2) is 10.7. The van der Waals surface area contributed by atoms with Crippen LogP contribution in [-0.4, -0.2) is 68.1 Å². The molecule has 0 spiro atoms. The van der Waals surface area contributed by atoms with Crippen molar-refractivity contribution in [2.45, 2.75) is 71.0 Å². The van der Waals surface area contributed by atoms with Crippen LogP contribution in [-0.2, 0) is 15.7 Å². The van der Waals surface area contributed by atoms with Crippen molar-refractivity contribution in [3.05, 3.63) is 18.6 Å². The Bertz CT molecular complexity index is 823. The van der Waals surface area contributed by atoms with Crippen LogP contribution in [0.15, 0.2) is 18.6 Å². The second-order valence-electron chi connectivity index (χ2n) is 8.54. The van der Waals surface area contributed by atoms with E-state index >= 15 is 0 Å². The van der Waals surface area contributed by atoms with Gasteiger partial charge in [-0.3, -0.25) is 0 Å². The van der Waals surface area contributed by atoms with Crippen LogP contribution in [0.5, 0.6) is 0 Å². The zero-order valence-corrected chi connectivity index (χ0v) is 19.8. The number of hydrogen-bond acceptors (Lipinski definition) is 5. The van der Waals surface area contributed by atoms with Gasteiger partial charge in [-0.15, -0.1) is 0 Å². The Balaban J connectivity index is 1.60. The highest BCUT2D eigenvalue weighted by atomic mass is 32.2. The summed E-state index contributed by atoms with van der Waals surface area (Å²) in [7, 11) is 2.84. The summed E-state index contributed by atoms with van der Waals surface area (Å²) in [6, 6.07) is 2.97. The van der Waals surface area contributed by atoms with Crippen molar-refractivity contribution < 1.29 is 8.95 Å². The number of fused-ring (bicyclic) bond motifs is 1. The molecule has 0 amide bonds. The van der Waals surface area contributed by atoms with E-state index in [1.54, 1.807) is 13.4 Å². The number of anilines is 1. The topological polar surface area (TPSA) is 74.3 Å². The Morgan fingerprint density at radius 1 is 1.33 bits per heavy atom. The smallest absolute Gasteiger partial charge is 0.142 e. The first-order chi connectivity index (χ1) is 14.5. The Kier molecular flexibility index (Phi) is 8.25. The first-order valence-corrected chi connectivity index (χ1v) is 12.4. The molecule has 0 bridgehead atoms. The molecular formula is C22H37N5O2S. The molecule has 7 nitrogen and oxygen atoms in total. The Morgan fingerprint density at radius 3 is 2.77 bits per heavy atom. The molecule has 1 aliphatic rings. The predicted octanol–water partition coefficient (Wildman–Crippen LogP) is 3.75. The maximum absolute atomic E-state index is 13.4. The first kappa shape index (κ1) is 23.2. The molecule has 8 heteroatoms. The highest BCUT2D eigenvalue weighted by Gasteiger charge is 2.37. The van der Waals surface area contributed by atoms with Crippen molar-refractivity contribution in [3.8, 4) is 0 Å². The van der Waals surface area contributed by atoms with E-state index in [4.69, 9.17) is 4.74 Å².